The van der Waals surface area contributed by atoms with Gasteiger partial charge in [-0.3, -0.25) is 9.48 Å². The molecule has 0 atom stereocenters. The van der Waals surface area contributed by atoms with Crippen LogP contribution < -0.4 is 0 Å². The number of benzene rings is 1. The summed E-state index contributed by atoms with van der Waals surface area (Å²) in [4.78, 5) is 14.3. The van der Waals surface area contributed by atoms with Crippen LogP contribution >= 0.6 is 0 Å². The Morgan fingerprint density at radius 2 is 2.00 bits per heavy atom. The number of carbonyl (C=O) groups is 1. The number of hydrogen-bond acceptors (Lipinski definition) is 2. The lowest BCUT2D eigenvalue weighted by Crippen LogP contribution is -2.37. The first kappa shape index (κ1) is 12.6. The van der Waals surface area contributed by atoms with Crippen molar-refractivity contribution in [3.05, 3.63) is 41.6 Å². The van der Waals surface area contributed by atoms with Gasteiger partial charge in [0.25, 0.3) is 0 Å². The lowest BCUT2D eigenvalue weighted by Gasteiger charge is -2.27. The Labute approximate surface area is 124 Å². The number of aromatic nitrogens is 2. The van der Waals surface area contributed by atoms with Crippen LogP contribution in [-0.4, -0.2) is 27.1 Å². The Balaban J connectivity index is 1.71. The van der Waals surface area contributed by atoms with E-state index in [9.17, 15) is 4.79 Å². The van der Waals surface area contributed by atoms with Crippen molar-refractivity contribution < 1.29 is 4.79 Å². The van der Waals surface area contributed by atoms with E-state index in [1.54, 1.807) is 0 Å². The summed E-state index contributed by atoms with van der Waals surface area (Å²) in [5.41, 5.74) is 4.66. The van der Waals surface area contributed by atoms with E-state index < -0.39 is 0 Å². The zero-order chi connectivity index (χ0) is 14.4. The van der Waals surface area contributed by atoms with E-state index >= 15 is 0 Å². The maximum Gasteiger partial charge on any atom is 0.225 e. The summed E-state index contributed by atoms with van der Waals surface area (Å²) in [6.07, 6.45) is 3.05. The van der Waals surface area contributed by atoms with Crippen LogP contribution in [0.15, 0.2) is 30.3 Å². The standard InChI is InChI=1S/C17H19N3O/c1-19-15-9-10-20(17(21)13-7-8-13)11-14(15)16(18-19)12-5-3-2-4-6-12/h2-6,13H,7-11H2,1H3. The number of aryl methyl sites for hydroxylation is 1. The Hall–Kier alpha value is -2.10. The summed E-state index contributed by atoms with van der Waals surface area (Å²) in [6.45, 7) is 1.54. The second-order valence-electron chi connectivity index (χ2n) is 6.05. The minimum atomic E-state index is 0.295. The van der Waals surface area contributed by atoms with Crippen molar-refractivity contribution in [2.75, 3.05) is 6.54 Å². The highest BCUT2D eigenvalue weighted by Gasteiger charge is 2.36. The van der Waals surface area contributed by atoms with Crippen molar-refractivity contribution in [1.82, 2.24) is 14.7 Å². The van der Waals surface area contributed by atoms with Gasteiger partial charge in [-0.1, -0.05) is 30.3 Å². The van der Waals surface area contributed by atoms with Crippen LogP contribution in [0.1, 0.15) is 24.1 Å². The van der Waals surface area contributed by atoms with E-state index in [0.29, 0.717) is 18.4 Å². The fourth-order valence-electron chi connectivity index (χ4n) is 3.20. The third-order valence-electron chi connectivity index (χ3n) is 4.53. The number of amides is 1. The van der Waals surface area contributed by atoms with E-state index in [0.717, 1.165) is 37.1 Å². The van der Waals surface area contributed by atoms with Crippen molar-refractivity contribution in [3.8, 4) is 11.3 Å². The van der Waals surface area contributed by atoms with Gasteiger partial charge in [-0.05, 0) is 12.8 Å². The average Bonchev–Trinajstić information content (AvgIpc) is 3.32. The predicted octanol–water partition coefficient (Wildman–Crippen LogP) is 2.38. The quantitative estimate of drug-likeness (QED) is 0.847. The maximum atomic E-state index is 12.3. The van der Waals surface area contributed by atoms with Crippen molar-refractivity contribution in [3.63, 3.8) is 0 Å². The van der Waals surface area contributed by atoms with Gasteiger partial charge in [-0.2, -0.15) is 5.10 Å². The molecule has 0 spiro atoms. The topological polar surface area (TPSA) is 38.1 Å². The molecule has 1 aliphatic carbocycles. The first-order chi connectivity index (χ1) is 10.2. The highest BCUT2D eigenvalue weighted by molar-refractivity contribution is 5.81. The Kier molecular flexibility index (Phi) is 2.84. The van der Waals surface area contributed by atoms with E-state index in [4.69, 9.17) is 5.10 Å². The lowest BCUT2D eigenvalue weighted by molar-refractivity contribution is -0.133. The van der Waals surface area contributed by atoms with Crippen molar-refractivity contribution in [1.29, 1.82) is 0 Å². The molecule has 1 aliphatic heterocycles. The molecule has 2 aliphatic rings. The number of carbonyl (C=O) groups excluding carboxylic acids is 1. The highest BCUT2D eigenvalue weighted by Crippen LogP contribution is 2.34. The Bertz CT molecular complexity index is 686. The molecule has 108 valence electrons. The summed E-state index contributed by atoms with van der Waals surface area (Å²) < 4.78 is 1.98. The molecule has 4 rings (SSSR count). The van der Waals surface area contributed by atoms with Gasteiger partial charge in [0.2, 0.25) is 5.91 Å². The normalized spacial score (nSPS) is 17.7. The summed E-state index contributed by atoms with van der Waals surface area (Å²) >= 11 is 0. The molecule has 0 N–H and O–H groups in total. The van der Waals surface area contributed by atoms with Gasteiger partial charge in [0, 0.05) is 49.3 Å². The van der Waals surface area contributed by atoms with Crippen LogP contribution in [-0.2, 0) is 24.8 Å². The molecule has 0 unspecified atom stereocenters. The zero-order valence-electron chi connectivity index (χ0n) is 12.2. The minimum absolute atomic E-state index is 0.295. The third-order valence-corrected chi connectivity index (χ3v) is 4.53. The molecular weight excluding hydrogens is 262 g/mol. The van der Waals surface area contributed by atoms with E-state index in [2.05, 4.69) is 12.1 Å². The zero-order valence-corrected chi connectivity index (χ0v) is 12.2. The Morgan fingerprint density at radius 3 is 2.71 bits per heavy atom. The average molecular weight is 281 g/mol. The molecule has 1 aromatic carbocycles. The molecule has 1 fully saturated rings. The van der Waals surface area contributed by atoms with Gasteiger partial charge in [-0.15, -0.1) is 0 Å². The van der Waals surface area contributed by atoms with Crippen LogP contribution in [0.25, 0.3) is 11.3 Å². The maximum absolute atomic E-state index is 12.3. The lowest BCUT2D eigenvalue weighted by atomic mass is 10.0. The van der Waals surface area contributed by atoms with Gasteiger partial charge in [0.1, 0.15) is 0 Å². The first-order valence-electron chi connectivity index (χ1n) is 7.63. The van der Waals surface area contributed by atoms with Gasteiger partial charge >= 0.3 is 0 Å². The molecule has 0 radical (unpaired) electrons. The molecule has 2 heterocycles. The SMILES string of the molecule is Cn1nc(-c2ccccc2)c2c1CCN(C(=O)C1CC1)C2. The summed E-state index contributed by atoms with van der Waals surface area (Å²) in [5, 5.41) is 4.70. The summed E-state index contributed by atoms with van der Waals surface area (Å²) in [7, 11) is 2.00. The van der Waals surface area contributed by atoms with Gasteiger partial charge in [0.05, 0.1) is 5.69 Å². The molecule has 1 amide bonds. The monoisotopic (exact) mass is 281 g/mol. The summed E-state index contributed by atoms with van der Waals surface area (Å²) in [6, 6.07) is 10.3. The second-order valence-corrected chi connectivity index (χ2v) is 6.05. The predicted molar refractivity (Wildman–Crippen MR) is 80.5 cm³/mol. The number of nitrogens with zero attached hydrogens (tertiary/aromatic N) is 3. The number of fused-ring (bicyclic) bond motifs is 1. The molecular formula is C17H19N3O. The van der Waals surface area contributed by atoms with Crippen LogP contribution in [0.4, 0.5) is 0 Å². The first-order valence-corrected chi connectivity index (χ1v) is 7.63. The third kappa shape index (κ3) is 2.15. The second kappa shape index (κ2) is 4.72. The molecule has 2 aromatic rings. The molecule has 4 heteroatoms. The molecule has 1 aromatic heterocycles. The molecule has 0 saturated heterocycles. The van der Waals surface area contributed by atoms with E-state index in [1.165, 1.54) is 11.3 Å². The fourth-order valence-corrected chi connectivity index (χ4v) is 3.20. The molecule has 4 nitrogen and oxygen atoms in total. The smallest absolute Gasteiger partial charge is 0.225 e. The Morgan fingerprint density at radius 1 is 1.24 bits per heavy atom. The van der Waals surface area contributed by atoms with Gasteiger partial charge < -0.3 is 4.90 Å². The molecule has 0 bridgehead atoms. The van der Waals surface area contributed by atoms with Gasteiger partial charge in [-0.25, -0.2) is 0 Å². The van der Waals surface area contributed by atoms with Crippen LogP contribution in [0.5, 0.6) is 0 Å². The van der Waals surface area contributed by atoms with E-state index in [1.807, 2.05) is 34.8 Å². The summed E-state index contributed by atoms with van der Waals surface area (Å²) in [5.74, 6) is 0.631. The van der Waals surface area contributed by atoms with Crippen molar-refractivity contribution in [2.45, 2.75) is 25.8 Å². The van der Waals surface area contributed by atoms with Crippen molar-refractivity contribution in [2.24, 2.45) is 13.0 Å². The minimum Gasteiger partial charge on any atom is -0.338 e. The molecule has 21 heavy (non-hydrogen) atoms. The van der Waals surface area contributed by atoms with E-state index in [-0.39, 0.29) is 0 Å². The number of hydrogen-bond donors (Lipinski definition) is 0. The molecule has 1 saturated carbocycles. The van der Waals surface area contributed by atoms with Crippen LogP contribution in [0.3, 0.4) is 0 Å². The van der Waals surface area contributed by atoms with Gasteiger partial charge in [0.15, 0.2) is 0 Å². The number of rotatable bonds is 2. The van der Waals surface area contributed by atoms with Crippen LogP contribution in [0.2, 0.25) is 0 Å². The fraction of sp³-hybridized carbons (Fsp3) is 0.412. The van der Waals surface area contributed by atoms with Crippen molar-refractivity contribution >= 4 is 5.91 Å². The highest BCUT2D eigenvalue weighted by atomic mass is 16.2. The van der Waals surface area contributed by atoms with Crippen LogP contribution in [0, 0.1) is 5.92 Å². The largest absolute Gasteiger partial charge is 0.338 e.